The topological polar surface area (TPSA) is 49.7 Å². The van der Waals surface area contributed by atoms with Crippen LogP contribution >= 0.6 is 0 Å². The Morgan fingerprint density at radius 3 is 2.46 bits per heavy atom. The molecule has 1 saturated carbocycles. The van der Waals surface area contributed by atoms with Crippen LogP contribution in [0.1, 0.15) is 63.5 Å². The first-order chi connectivity index (χ1) is 11.4. The average Bonchev–Trinajstić information content (AvgIpc) is 2.93. The zero-order valence-corrected chi connectivity index (χ0v) is 14.6. The summed E-state index contributed by atoms with van der Waals surface area (Å²) in [5, 5.41) is 10.7. The molecule has 1 fully saturated rings. The fourth-order valence-electron chi connectivity index (χ4n) is 4.67. The fourth-order valence-corrected chi connectivity index (χ4v) is 4.67. The van der Waals surface area contributed by atoms with Gasteiger partial charge in [-0.1, -0.05) is 51.0 Å². The number of aliphatic hydroxyl groups is 1. The number of aliphatic hydroxyl groups excluding tert-OH is 1. The van der Waals surface area contributed by atoms with Crippen molar-refractivity contribution in [2.45, 2.75) is 64.3 Å². The lowest BCUT2D eigenvalue weighted by molar-refractivity contribution is -0.117. The van der Waals surface area contributed by atoms with Crippen LogP contribution in [-0.2, 0) is 11.2 Å². The molecule has 126 valence electrons. The van der Waals surface area contributed by atoms with Gasteiger partial charge in [-0.3, -0.25) is 9.79 Å². The summed E-state index contributed by atoms with van der Waals surface area (Å²) in [4.78, 5) is 17.9. The highest BCUT2D eigenvalue weighted by Gasteiger charge is 2.42. The van der Waals surface area contributed by atoms with Crippen molar-refractivity contribution >= 4 is 11.5 Å². The lowest BCUT2D eigenvalue weighted by atomic mass is 9.73. The monoisotopic (exact) mass is 323 g/mol. The van der Waals surface area contributed by atoms with Crippen molar-refractivity contribution in [3.63, 3.8) is 0 Å². The zero-order valence-electron chi connectivity index (χ0n) is 14.6. The maximum atomic E-state index is 12.8. The van der Waals surface area contributed by atoms with Crippen molar-refractivity contribution in [2.24, 2.45) is 10.4 Å². The number of Topliss-reactive ketones (excluding diaryl/α,β-unsaturated/α-hetero) is 1. The second-order valence-corrected chi connectivity index (χ2v) is 8.49. The maximum Gasteiger partial charge on any atom is 0.168 e. The molecule has 1 N–H and O–H groups in total. The molecule has 0 atom stereocenters. The first-order valence-corrected chi connectivity index (χ1v) is 9.03. The SMILES string of the molecule is CC1(C)CC(=O)C(C2=NC3(CCCC3)Cc3ccccc32)=C(O)C1. The standard InChI is InChI=1S/C21H25NO2/c1-20(2)12-16(23)18(17(24)13-20)19-15-8-4-3-7-14(15)11-21(22-19)9-5-6-10-21/h3-4,7-8,23H,5-6,9-13H2,1-2H3. The van der Waals surface area contributed by atoms with Crippen LogP contribution in [0.3, 0.4) is 0 Å². The molecule has 2 aliphatic carbocycles. The molecule has 1 aliphatic heterocycles. The van der Waals surface area contributed by atoms with Gasteiger partial charge >= 0.3 is 0 Å². The van der Waals surface area contributed by atoms with Crippen LogP contribution in [-0.4, -0.2) is 22.1 Å². The van der Waals surface area contributed by atoms with E-state index < -0.39 is 0 Å². The molecule has 0 radical (unpaired) electrons. The highest BCUT2D eigenvalue weighted by Crippen LogP contribution is 2.43. The van der Waals surface area contributed by atoms with Crippen molar-refractivity contribution in [3.05, 3.63) is 46.7 Å². The molecular weight excluding hydrogens is 298 g/mol. The van der Waals surface area contributed by atoms with Crippen LogP contribution in [0.25, 0.3) is 0 Å². The lowest BCUT2D eigenvalue weighted by Gasteiger charge is -2.35. The minimum Gasteiger partial charge on any atom is -0.511 e. The molecule has 0 unspecified atom stereocenters. The first kappa shape index (κ1) is 15.6. The second kappa shape index (κ2) is 5.30. The highest BCUT2D eigenvalue weighted by molar-refractivity contribution is 6.30. The van der Waals surface area contributed by atoms with E-state index in [0.717, 1.165) is 30.5 Å². The van der Waals surface area contributed by atoms with Gasteiger partial charge in [0, 0.05) is 18.4 Å². The molecule has 1 heterocycles. The van der Waals surface area contributed by atoms with E-state index in [1.165, 1.54) is 18.4 Å². The number of carbonyl (C=O) groups is 1. The summed E-state index contributed by atoms with van der Waals surface area (Å²) in [6, 6.07) is 8.25. The summed E-state index contributed by atoms with van der Waals surface area (Å²) in [6.45, 7) is 4.07. The average molecular weight is 323 g/mol. The normalized spacial score (nSPS) is 24.9. The van der Waals surface area contributed by atoms with Gasteiger partial charge in [-0.2, -0.15) is 0 Å². The van der Waals surface area contributed by atoms with Crippen LogP contribution in [0.4, 0.5) is 0 Å². The van der Waals surface area contributed by atoms with Crippen LogP contribution in [0.5, 0.6) is 0 Å². The van der Waals surface area contributed by atoms with Crippen LogP contribution < -0.4 is 0 Å². The van der Waals surface area contributed by atoms with Crippen molar-refractivity contribution in [1.29, 1.82) is 0 Å². The third-order valence-electron chi connectivity index (χ3n) is 5.76. The quantitative estimate of drug-likeness (QED) is 0.824. The van der Waals surface area contributed by atoms with Gasteiger partial charge in [0.1, 0.15) is 5.76 Å². The van der Waals surface area contributed by atoms with Gasteiger partial charge in [0.2, 0.25) is 0 Å². The number of hydrogen-bond donors (Lipinski definition) is 1. The number of hydrogen-bond acceptors (Lipinski definition) is 3. The van der Waals surface area contributed by atoms with Gasteiger partial charge in [0.15, 0.2) is 5.78 Å². The molecule has 24 heavy (non-hydrogen) atoms. The van der Waals surface area contributed by atoms with Gasteiger partial charge in [0.05, 0.1) is 16.8 Å². The number of aliphatic imine (C=N–C) groups is 1. The Kier molecular flexibility index (Phi) is 3.45. The predicted molar refractivity (Wildman–Crippen MR) is 95.6 cm³/mol. The molecule has 3 aliphatic rings. The third-order valence-corrected chi connectivity index (χ3v) is 5.76. The van der Waals surface area contributed by atoms with Gasteiger partial charge in [-0.25, -0.2) is 0 Å². The maximum absolute atomic E-state index is 12.8. The Morgan fingerprint density at radius 1 is 1.04 bits per heavy atom. The molecule has 1 aromatic rings. The molecule has 3 nitrogen and oxygen atoms in total. The van der Waals surface area contributed by atoms with E-state index >= 15 is 0 Å². The molecule has 0 saturated heterocycles. The van der Waals surface area contributed by atoms with Crippen molar-refractivity contribution in [3.8, 4) is 0 Å². The van der Waals surface area contributed by atoms with E-state index in [2.05, 4.69) is 12.1 Å². The fraction of sp³-hybridized carbons (Fsp3) is 0.524. The van der Waals surface area contributed by atoms with Crippen molar-refractivity contribution < 1.29 is 9.90 Å². The lowest BCUT2D eigenvalue weighted by Crippen LogP contribution is -2.36. The van der Waals surface area contributed by atoms with E-state index in [1.807, 2.05) is 26.0 Å². The van der Waals surface area contributed by atoms with Gasteiger partial charge in [-0.15, -0.1) is 0 Å². The Bertz CT molecular complexity index is 764. The van der Waals surface area contributed by atoms with Crippen LogP contribution in [0, 0.1) is 5.41 Å². The Balaban J connectivity index is 1.88. The summed E-state index contributed by atoms with van der Waals surface area (Å²) < 4.78 is 0. The number of rotatable bonds is 1. The third kappa shape index (κ3) is 2.51. The second-order valence-electron chi connectivity index (χ2n) is 8.49. The summed E-state index contributed by atoms with van der Waals surface area (Å²) in [5.41, 5.74) is 3.28. The number of allylic oxidation sites excluding steroid dienone is 2. The zero-order chi connectivity index (χ0) is 16.9. The molecule has 3 heteroatoms. The van der Waals surface area contributed by atoms with Crippen LogP contribution in [0.2, 0.25) is 0 Å². The van der Waals surface area contributed by atoms with Crippen molar-refractivity contribution in [1.82, 2.24) is 0 Å². The summed E-state index contributed by atoms with van der Waals surface area (Å²) in [7, 11) is 0. The van der Waals surface area contributed by atoms with Gasteiger partial charge in [-0.05, 0) is 30.2 Å². The van der Waals surface area contributed by atoms with E-state index in [9.17, 15) is 9.90 Å². The largest absolute Gasteiger partial charge is 0.511 e. The Morgan fingerprint density at radius 2 is 1.75 bits per heavy atom. The molecule has 0 bridgehead atoms. The smallest absolute Gasteiger partial charge is 0.168 e. The van der Waals surface area contributed by atoms with E-state index in [1.54, 1.807) is 0 Å². The number of benzene rings is 1. The minimum atomic E-state index is -0.176. The Hall–Kier alpha value is -1.90. The van der Waals surface area contributed by atoms with E-state index in [4.69, 9.17) is 4.99 Å². The number of fused-ring (bicyclic) bond motifs is 1. The van der Waals surface area contributed by atoms with E-state index in [0.29, 0.717) is 18.4 Å². The highest BCUT2D eigenvalue weighted by atomic mass is 16.3. The Labute approximate surface area is 143 Å². The molecular formula is C21H25NO2. The van der Waals surface area contributed by atoms with Crippen LogP contribution in [0.15, 0.2) is 40.6 Å². The molecule has 0 amide bonds. The summed E-state index contributed by atoms with van der Waals surface area (Å²) in [5.74, 6) is 0.257. The number of ketones is 1. The number of nitrogens with zero attached hydrogens (tertiary/aromatic N) is 1. The summed E-state index contributed by atoms with van der Waals surface area (Å²) in [6.07, 6.45) is 6.54. The molecule has 0 aromatic heterocycles. The van der Waals surface area contributed by atoms with Crippen molar-refractivity contribution in [2.75, 3.05) is 0 Å². The van der Waals surface area contributed by atoms with Gasteiger partial charge < -0.3 is 5.11 Å². The molecule has 4 rings (SSSR count). The number of carbonyl (C=O) groups excluding carboxylic acids is 1. The molecule has 1 spiro atoms. The summed E-state index contributed by atoms with van der Waals surface area (Å²) >= 11 is 0. The van der Waals surface area contributed by atoms with E-state index in [-0.39, 0.29) is 22.5 Å². The first-order valence-electron chi connectivity index (χ1n) is 9.03. The predicted octanol–water partition coefficient (Wildman–Crippen LogP) is 4.55. The minimum absolute atomic E-state index is 0.0346. The van der Waals surface area contributed by atoms with Gasteiger partial charge in [0.25, 0.3) is 0 Å². The molecule has 1 aromatic carbocycles.